The Hall–Kier alpha value is -4.60. The third kappa shape index (κ3) is 9.75. The predicted octanol–water partition coefficient (Wildman–Crippen LogP) is 16.0. The minimum Gasteiger partial charge on any atom is -0.507 e. The topological polar surface area (TPSA) is 90.9 Å². The van der Waals surface area contributed by atoms with Crippen molar-refractivity contribution < 1.29 is 24.1 Å². The summed E-state index contributed by atoms with van der Waals surface area (Å²) < 4.78 is 21.2. The largest absolute Gasteiger partial charge is 0.598 e. The Kier molecular flexibility index (Phi) is 12.3. The average molecular weight is 870 g/mol. The van der Waals surface area contributed by atoms with E-state index >= 15 is 0 Å². The molecule has 1 unspecified atom stereocenters. The number of hydrogen-bond donors (Lipinski definition) is 3. The Morgan fingerprint density at radius 1 is 0.429 bits per heavy atom. The van der Waals surface area contributed by atoms with Crippen LogP contribution in [0, 0.1) is 0 Å². The smallest absolute Gasteiger partial charge is 0.507 e. The van der Waals surface area contributed by atoms with Gasteiger partial charge in [-0.15, -0.1) is 0 Å². The number of aromatic hydroxyl groups is 3. The molecule has 1 atom stereocenters. The minimum absolute atomic E-state index is 0.314. The van der Waals surface area contributed by atoms with E-state index in [1.165, 1.54) is 0 Å². The van der Waals surface area contributed by atoms with E-state index in [0.717, 1.165) is 77.5 Å². The van der Waals surface area contributed by atoms with Gasteiger partial charge in [-0.25, -0.2) is 4.20 Å². The maximum atomic E-state index is 14.8. The number of benzene rings is 5. The maximum Gasteiger partial charge on any atom is 0.598 e. The lowest BCUT2D eigenvalue weighted by Gasteiger charge is -2.29. The van der Waals surface area contributed by atoms with Crippen molar-refractivity contribution in [1.82, 2.24) is 0 Å². The van der Waals surface area contributed by atoms with Crippen molar-refractivity contribution in [1.29, 1.82) is 0 Å². The molecule has 336 valence electrons. The van der Waals surface area contributed by atoms with Crippen molar-refractivity contribution in [2.45, 2.75) is 176 Å². The number of phenolic OH excluding ortho intramolecular Hbond substituents is 3. The Labute approximate surface area is 378 Å². The van der Waals surface area contributed by atoms with E-state index in [9.17, 15) is 19.9 Å². The van der Waals surface area contributed by atoms with E-state index in [-0.39, 0.29) is 32.5 Å². The van der Waals surface area contributed by atoms with Gasteiger partial charge in [-0.3, -0.25) is 0 Å². The van der Waals surface area contributed by atoms with E-state index in [1.54, 1.807) is 0 Å². The van der Waals surface area contributed by atoms with E-state index < -0.39 is 7.65 Å². The highest BCUT2D eigenvalue weighted by Gasteiger charge is 2.33. The fraction of sp³-hybridized carbons (Fsp3) is 0.474. The van der Waals surface area contributed by atoms with Crippen molar-refractivity contribution in [2.24, 2.45) is 0 Å². The number of fused-ring (bicyclic) bond motifs is 3. The monoisotopic (exact) mass is 870 g/mol. The summed E-state index contributed by atoms with van der Waals surface area (Å²) in [4.78, 5) is 0. The lowest BCUT2D eigenvalue weighted by molar-refractivity contribution is 0.422. The zero-order valence-electron chi connectivity index (χ0n) is 41.6. The summed E-state index contributed by atoms with van der Waals surface area (Å²) in [5.41, 5.74) is 10.3. The molecule has 6 heteroatoms. The van der Waals surface area contributed by atoms with Gasteiger partial charge in [-0.1, -0.05) is 179 Å². The van der Waals surface area contributed by atoms with Gasteiger partial charge in [-0.2, -0.15) is 0 Å². The molecule has 3 N–H and O–H groups in total. The summed E-state index contributed by atoms with van der Waals surface area (Å²) in [6.07, 6.45) is 1.53. The van der Waals surface area contributed by atoms with E-state index in [4.69, 9.17) is 4.20 Å². The molecule has 6 rings (SSSR count). The number of hydrogen-bond acceptors (Lipinski definition) is 5. The number of phenols is 3. The Balaban J connectivity index is 1.80. The molecule has 0 bridgehead atoms. The zero-order chi connectivity index (χ0) is 47.2. The van der Waals surface area contributed by atoms with Crippen LogP contribution in [0.2, 0.25) is 0 Å². The summed E-state index contributed by atoms with van der Waals surface area (Å²) in [7, 11) is -2.31. The van der Waals surface area contributed by atoms with Gasteiger partial charge < -0.3 is 15.3 Å². The third-order valence-electron chi connectivity index (χ3n) is 12.7. The second kappa shape index (κ2) is 16.1. The lowest BCUT2D eigenvalue weighted by Crippen LogP contribution is -2.19. The molecule has 6 aromatic rings. The second-order valence-corrected chi connectivity index (χ2v) is 25.5. The van der Waals surface area contributed by atoms with Crippen molar-refractivity contribution >= 4 is 29.1 Å². The van der Waals surface area contributed by atoms with Gasteiger partial charge in [-0.05, 0) is 123 Å². The van der Waals surface area contributed by atoms with Crippen LogP contribution in [0.4, 0.5) is 0 Å². The highest BCUT2D eigenvalue weighted by molar-refractivity contribution is 7.37. The Morgan fingerprint density at radius 2 is 0.746 bits per heavy atom. The van der Waals surface area contributed by atoms with Gasteiger partial charge in [0.25, 0.3) is 0 Å². The van der Waals surface area contributed by atoms with Crippen LogP contribution in [0.25, 0.3) is 21.5 Å². The van der Waals surface area contributed by atoms with Crippen LogP contribution in [0.15, 0.2) is 70.9 Å². The molecule has 0 aliphatic heterocycles. The van der Waals surface area contributed by atoms with Gasteiger partial charge in [0.15, 0.2) is 5.58 Å². The van der Waals surface area contributed by atoms with Gasteiger partial charge in [0.1, 0.15) is 17.2 Å². The first kappa shape index (κ1) is 47.9. The number of rotatable bonds is 6. The highest BCUT2D eigenvalue weighted by Crippen LogP contribution is 2.47. The molecule has 5 nitrogen and oxygen atoms in total. The van der Waals surface area contributed by atoms with Crippen molar-refractivity contribution in [3.05, 3.63) is 133 Å². The average Bonchev–Trinajstić information content (AvgIpc) is 3.11. The molecular weight excluding hydrogens is 796 g/mol. The van der Waals surface area contributed by atoms with Gasteiger partial charge in [0, 0.05) is 22.8 Å². The normalized spacial score (nSPS) is 13.7. The molecule has 5 aromatic carbocycles. The van der Waals surface area contributed by atoms with E-state index in [1.807, 2.05) is 18.2 Å². The molecule has 0 amide bonds. The van der Waals surface area contributed by atoms with Crippen LogP contribution in [-0.4, -0.2) is 15.3 Å². The minimum atomic E-state index is -2.31. The zero-order valence-corrected chi connectivity index (χ0v) is 42.5. The quantitative estimate of drug-likeness (QED) is 0.145. The van der Waals surface area contributed by atoms with Crippen LogP contribution in [-0.2, 0) is 56.3 Å². The summed E-state index contributed by atoms with van der Waals surface area (Å²) in [6.45, 7) is 38.5. The van der Waals surface area contributed by atoms with E-state index in [2.05, 4.69) is 173 Å². The van der Waals surface area contributed by atoms with Gasteiger partial charge >= 0.3 is 7.65 Å². The molecule has 0 aliphatic rings. The van der Waals surface area contributed by atoms with Crippen LogP contribution in [0.1, 0.15) is 191 Å². The molecule has 63 heavy (non-hydrogen) atoms. The summed E-state index contributed by atoms with van der Waals surface area (Å²) in [5.74, 6) is 1.00. The second-order valence-electron chi connectivity index (χ2n) is 24.4. The molecule has 0 aliphatic carbocycles. The number of para-hydroxylation sites is 1. The first-order chi connectivity index (χ1) is 28.7. The van der Waals surface area contributed by atoms with Crippen molar-refractivity contribution in [3.8, 4) is 17.2 Å². The molecule has 0 radical (unpaired) electrons. The Bertz CT molecular complexity index is 2690. The van der Waals surface area contributed by atoms with Crippen LogP contribution in [0.5, 0.6) is 17.2 Å². The SMILES string of the molecule is CC(C)(C)c1cc(Cc2cc3c4ccccc4o[p+](=O)c3c(Cc3cc(C(C)(C)C)c(O)c(C(C)(C)C)c3)c2Cc2cc(C(C)(C)C)c(O)c(C(C)(C)C)c2)cc(C(C)(C)C)c1O. The lowest BCUT2D eigenvalue weighted by atomic mass is 9.76. The standard InChI is InChI=1S/C57H73O5P/c1-52(2,3)41-26-33(27-42(48(41)58)53(4,5)6)23-36-32-40-37-21-19-20-22-47(37)62-63(61)51(40)39(25-35-30-45(56(13,14)15)50(60)46(31-35)57(16,17)18)38(36)24-34-28-43(54(7,8)9)49(59)44(29-34)55(10,11)12/h19-22,26-32H,23-25H2,1-18H3,(H2-,58,59,60)/p+1. The van der Waals surface area contributed by atoms with Crippen molar-refractivity contribution in [2.75, 3.05) is 0 Å². The third-order valence-corrected chi connectivity index (χ3v) is 13.9. The maximum absolute atomic E-state index is 14.8. The molecule has 1 aromatic heterocycles. The predicted molar refractivity (Wildman–Crippen MR) is 266 cm³/mol. The molecule has 0 fully saturated rings. The summed E-state index contributed by atoms with van der Waals surface area (Å²) in [5, 5.41) is 38.0. The van der Waals surface area contributed by atoms with Crippen LogP contribution >= 0.6 is 7.65 Å². The summed E-state index contributed by atoms with van der Waals surface area (Å²) >= 11 is 0. The molecule has 0 saturated carbocycles. The molecule has 1 heterocycles. The molecule has 0 spiro atoms. The van der Waals surface area contributed by atoms with E-state index in [0.29, 0.717) is 47.2 Å². The molecular formula is C57H74O5P+. The summed E-state index contributed by atoms with van der Waals surface area (Å²) in [6, 6.07) is 23.1. The fourth-order valence-corrected chi connectivity index (χ4v) is 10.4. The van der Waals surface area contributed by atoms with Crippen LogP contribution < -0.4 is 0 Å². The highest BCUT2D eigenvalue weighted by atomic mass is 31.1. The first-order valence-electron chi connectivity index (χ1n) is 22.7. The van der Waals surface area contributed by atoms with Crippen LogP contribution in [0.3, 0.4) is 0 Å². The van der Waals surface area contributed by atoms with Crippen molar-refractivity contribution in [3.63, 3.8) is 0 Å². The molecule has 0 saturated heterocycles. The fourth-order valence-electron chi connectivity index (χ4n) is 9.16. The Morgan fingerprint density at radius 3 is 1.10 bits per heavy atom. The van der Waals surface area contributed by atoms with Gasteiger partial charge in [0.2, 0.25) is 5.12 Å². The first-order valence-corrected chi connectivity index (χ1v) is 23.9. The van der Waals surface area contributed by atoms with Gasteiger partial charge in [0.05, 0.1) is 0 Å².